The highest BCUT2D eigenvalue weighted by Gasteiger charge is 2.12. The van der Waals surface area contributed by atoms with Crippen molar-refractivity contribution in [2.45, 2.75) is 33.9 Å². The van der Waals surface area contributed by atoms with Crippen LogP contribution in [0.2, 0.25) is 0 Å². The maximum atomic E-state index is 12.4. The zero-order valence-electron chi connectivity index (χ0n) is 15.1. The third kappa shape index (κ3) is 4.34. The van der Waals surface area contributed by atoms with Gasteiger partial charge in [-0.15, -0.1) is 0 Å². The second-order valence-corrected chi connectivity index (χ2v) is 7.02. The van der Waals surface area contributed by atoms with Gasteiger partial charge in [0.05, 0.1) is 5.69 Å². The first-order valence-corrected chi connectivity index (χ1v) is 8.77. The molecule has 0 N–H and O–H groups in total. The average molecular weight is 335 g/mol. The van der Waals surface area contributed by atoms with E-state index in [1.54, 1.807) is 16.7 Å². The van der Waals surface area contributed by atoms with E-state index in [1.165, 1.54) is 5.56 Å². The fourth-order valence-corrected chi connectivity index (χ4v) is 3.16. The summed E-state index contributed by atoms with van der Waals surface area (Å²) < 4.78 is 1.61. The van der Waals surface area contributed by atoms with Gasteiger partial charge >= 0.3 is 0 Å². The SMILES string of the molecule is Cc1cccn2c(=O)cc(CN(Cc3ccccc3)CC(C)C)nc12. The van der Waals surface area contributed by atoms with Crippen LogP contribution in [0.1, 0.15) is 30.7 Å². The Morgan fingerprint density at radius 2 is 1.84 bits per heavy atom. The topological polar surface area (TPSA) is 37.6 Å². The van der Waals surface area contributed by atoms with E-state index < -0.39 is 0 Å². The van der Waals surface area contributed by atoms with Crippen molar-refractivity contribution in [3.05, 3.63) is 81.9 Å². The van der Waals surface area contributed by atoms with Gasteiger partial charge in [-0.3, -0.25) is 14.1 Å². The Labute approximate surface area is 148 Å². The summed E-state index contributed by atoms with van der Waals surface area (Å²) in [5, 5.41) is 0. The van der Waals surface area contributed by atoms with Gasteiger partial charge < -0.3 is 0 Å². The minimum Gasteiger partial charge on any atom is -0.293 e. The van der Waals surface area contributed by atoms with Crippen LogP contribution in [0.4, 0.5) is 0 Å². The maximum absolute atomic E-state index is 12.4. The summed E-state index contributed by atoms with van der Waals surface area (Å²) in [4.78, 5) is 19.5. The summed E-state index contributed by atoms with van der Waals surface area (Å²) in [7, 11) is 0. The van der Waals surface area contributed by atoms with E-state index in [0.717, 1.165) is 30.0 Å². The zero-order chi connectivity index (χ0) is 17.8. The van der Waals surface area contributed by atoms with Crippen LogP contribution in [0.15, 0.2) is 59.5 Å². The molecule has 0 spiro atoms. The van der Waals surface area contributed by atoms with Crippen LogP contribution in [0.3, 0.4) is 0 Å². The first kappa shape index (κ1) is 17.4. The van der Waals surface area contributed by atoms with Crippen LogP contribution in [-0.4, -0.2) is 20.8 Å². The van der Waals surface area contributed by atoms with Gasteiger partial charge in [0.1, 0.15) is 5.65 Å². The first-order valence-electron chi connectivity index (χ1n) is 8.77. The van der Waals surface area contributed by atoms with E-state index in [1.807, 2.05) is 25.1 Å². The van der Waals surface area contributed by atoms with Gasteiger partial charge in [-0.05, 0) is 30.0 Å². The van der Waals surface area contributed by atoms with Crippen LogP contribution < -0.4 is 5.56 Å². The van der Waals surface area contributed by atoms with Crippen molar-refractivity contribution >= 4 is 5.65 Å². The number of rotatable bonds is 6. The van der Waals surface area contributed by atoms with Crippen LogP contribution >= 0.6 is 0 Å². The molecule has 0 aliphatic heterocycles. The molecule has 3 rings (SSSR count). The Balaban J connectivity index is 1.89. The highest BCUT2D eigenvalue weighted by molar-refractivity contribution is 5.46. The molecule has 2 heterocycles. The number of benzene rings is 1. The Bertz CT molecular complexity index is 900. The molecule has 0 amide bonds. The summed E-state index contributed by atoms with van der Waals surface area (Å²) in [6.45, 7) is 8.90. The summed E-state index contributed by atoms with van der Waals surface area (Å²) >= 11 is 0. The number of hydrogen-bond acceptors (Lipinski definition) is 3. The van der Waals surface area contributed by atoms with Gasteiger partial charge in [-0.1, -0.05) is 50.2 Å². The molecule has 2 aromatic heterocycles. The number of hydrogen-bond donors (Lipinski definition) is 0. The summed E-state index contributed by atoms with van der Waals surface area (Å²) in [6.07, 6.45) is 1.78. The minimum atomic E-state index is -0.0205. The zero-order valence-corrected chi connectivity index (χ0v) is 15.1. The smallest absolute Gasteiger partial charge is 0.258 e. The van der Waals surface area contributed by atoms with Gasteiger partial charge in [0.25, 0.3) is 5.56 Å². The molecule has 0 atom stereocenters. The van der Waals surface area contributed by atoms with E-state index in [-0.39, 0.29) is 5.56 Å². The number of aromatic nitrogens is 2. The fourth-order valence-electron chi connectivity index (χ4n) is 3.16. The van der Waals surface area contributed by atoms with Crippen molar-refractivity contribution in [1.82, 2.24) is 14.3 Å². The molecule has 0 saturated carbocycles. The van der Waals surface area contributed by atoms with Crippen LogP contribution in [-0.2, 0) is 13.1 Å². The first-order chi connectivity index (χ1) is 12.0. The summed E-state index contributed by atoms with van der Waals surface area (Å²) in [5.74, 6) is 0.548. The second kappa shape index (κ2) is 7.62. The van der Waals surface area contributed by atoms with Crippen molar-refractivity contribution in [2.75, 3.05) is 6.54 Å². The van der Waals surface area contributed by atoms with E-state index in [4.69, 9.17) is 4.98 Å². The van der Waals surface area contributed by atoms with Crippen molar-refractivity contribution in [3.8, 4) is 0 Å². The number of aryl methyl sites for hydroxylation is 1. The van der Waals surface area contributed by atoms with Crippen LogP contribution in [0.5, 0.6) is 0 Å². The molecule has 0 bridgehead atoms. The summed E-state index contributed by atoms with van der Waals surface area (Å²) in [5.41, 5.74) is 3.84. The van der Waals surface area contributed by atoms with Crippen LogP contribution in [0, 0.1) is 12.8 Å². The third-order valence-corrected chi connectivity index (χ3v) is 4.20. The number of fused-ring (bicyclic) bond motifs is 1. The van der Waals surface area contributed by atoms with E-state index >= 15 is 0 Å². The largest absolute Gasteiger partial charge is 0.293 e. The fraction of sp³-hybridized carbons (Fsp3) is 0.333. The normalized spacial score (nSPS) is 11.6. The molecule has 0 saturated heterocycles. The molecule has 0 radical (unpaired) electrons. The van der Waals surface area contributed by atoms with Gasteiger partial charge in [-0.2, -0.15) is 0 Å². The molecule has 4 nitrogen and oxygen atoms in total. The molecule has 0 aliphatic rings. The van der Waals surface area contributed by atoms with Crippen molar-refractivity contribution in [1.29, 1.82) is 0 Å². The number of nitrogens with zero attached hydrogens (tertiary/aromatic N) is 3. The minimum absolute atomic E-state index is 0.0205. The molecule has 0 fully saturated rings. The predicted molar refractivity (Wildman–Crippen MR) is 102 cm³/mol. The molecule has 4 heteroatoms. The molecular formula is C21H25N3O. The Morgan fingerprint density at radius 1 is 1.08 bits per heavy atom. The molecule has 130 valence electrons. The lowest BCUT2D eigenvalue weighted by Crippen LogP contribution is -2.28. The summed E-state index contributed by atoms with van der Waals surface area (Å²) in [6, 6.07) is 16.0. The predicted octanol–water partition coefficient (Wildman–Crippen LogP) is 3.66. The van der Waals surface area contributed by atoms with E-state index in [9.17, 15) is 4.79 Å². The monoisotopic (exact) mass is 335 g/mol. The van der Waals surface area contributed by atoms with Gasteiger partial charge in [-0.25, -0.2) is 4.98 Å². The van der Waals surface area contributed by atoms with E-state index in [2.05, 4.69) is 43.0 Å². The molecule has 3 aromatic rings. The van der Waals surface area contributed by atoms with Crippen LogP contribution in [0.25, 0.3) is 5.65 Å². The van der Waals surface area contributed by atoms with Crippen molar-refractivity contribution < 1.29 is 0 Å². The van der Waals surface area contributed by atoms with Crippen molar-refractivity contribution in [2.24, 2.45) is 5.92 Å². The highest BCUT2D eigenvalue weighted by Crippen LogP contribution is 2.12. The molecule has 0 aliphatic carbocycles. The second-order valence-electron chi connectivity index (χ2n) is 7.02. The van der Waals surface area contributed by atoms with Gasteiger partial charge in [0.15, 0.2) is 0 Å². The lowest BCUT2D eigenvalue weighted by molar-refractivity contribution is 0.225. The van der Waals surface area contributed by atoms with Gasteiger partial charge in [0, 0.05) is 31.9 Å². The maximum Gasteiger partial charge on any atom is 0.258 e. The molecule has 25 heavy (non-hydrogen) atoms. The lowest BCUT2D eigenvalue weighted by Gasteiger charge is -2.24. The molecule has 1 aromatic carbocycles. The Kier molecular flexibility index (Phi) is 5.29. The quantitative estimate of drug-likeness (QED) is 0.690. The number of pyridine rings is 1. The molecule has 0 unspecified atom stereocenters. The Hall–Kier alpha value is -2.46. The van der Waals surface area contributed by atoms with Crippen molar-refractivity contribution in [3.63, 3.8) is 0 Å². The molecular weight excluding hydrogens is 310 g/mol. The highest BCUT2D eigenvalue weighted by atomic mass is 16.1. The lowest BCUT2D eigenvalue weighted by atomic mass is 10.1. The third-order valence-electron chi connectivity index (χ3n) is 4.20. The average Bonchev–Trinajstić information content (AvgIpc) is 2.56. The van der Waals surface area contributed by atoms with Gasteiger partial charge in [0.2, 0.25) is 0 Å². The standard InChI is InChI=1S/C21H25N3O/c1-16(2)13-23(14-18-9-5-4-6-10-18)15-19-12-20(25)24-11-7-8-17(3)21(24)22-19/h4-12,16H,13-15H2,1-3H3. The van der Waals surface area contributed by atoms with E-state index in [0.29, 0.717) is 12.5 Å². The Morgan fingerprint density at radius 3 is 2.56 bits per heavy atom.